The number of ether oxygens (including phenoxy) is 1. The van der Waals surface area contributed by atoms with Gasteiger partial charge in [0.25, 0.3) is 5.91 Å². The quantitative estimate of drug-likeness (QED) is 0.618. The van der Waals surface area contributed by atoms with Gasteiger partial charge in [-0.15, -0.1) is 0 Å². The fraction of sp³-hybridized carbons (Fsp3) is 0.250. The molecule has 3 aromatic rings. The van der Waals surface area contributed by atoms with E-state index < -0.39 is 11.9 Å². The van der Waals surface area contributed by atoms with Crippen molar-refractivity contribution in [3.63, 3.8) is 0 Å². The van der Waals surface area contributed by atoms with Crippen LogP contribution >= 0.6 is 0 Å². The summed E-state index contributed by atoms with van der Waals surface area (Å²) in [5, 5.41) is 2.86. The molecular formula is C24H25FN4O3. The van der Waals surface area contributed by atoms with E-state index in [4.69, 9.17) is 4.74 Å². The second-order valence-electron chi connectivity index (χ2n) is 7.24. The highest BCUT2D eigenvalue weighted by Gasteiger charge is 2.17. The van der Waals surface area contributed by atoms with E-state index in [-0.39, 0.29) is 18.2 Å². The van der Waals surface area contributed by atoms with Crippen LogP contribution in [0, 0.1) is 19.7 Å². The van der Waals surface area contributed by atoms with Gasteiger partial charge in [-0.3, -0.25) is 19.7 Å². The molecule has 32 heavy (non-hydrogen) atoms. The summed E-state index contributed by atoms with van der Waals surface area (Å²) in [5.41, 5.74) is 4.26. The summed E-state index contributed by atoms with van der Waals surface area (Å²) in [6.45, 7) is 6.07. The monoisotopic (exact) mass is 436 g/mol. The van der Waals surface area contributed by atoms with Gasteiger partial charge in [0.2, 0.25) is 0 Å². The first-order valence-electron chi connectivity index (χ1n) is 10.2. The number of rotatable bonds is 6. The van der Waals surface area contributed by atoms with Crippen LogP contribution in [0.1, 0.15) is 34.2 Å². The van der Waals surface area contributed by atoms with Crippen molar-refractivity contribution in [2.75, 3.05) is 18.6 Å². The van der Waals surface area contributed by atoms with E-state index in [2.05, 4.69) is 15.3 Å². The van der Waals surface area contributed by atoms with Crippen molar-refractivity contribution in [2.45, 2.75) is 27.3 Å². The number of amides is 2. The van der Waals surface area contributed by atoms with E-state index in [1.165, 1.54) is 25.4 Å². The molecule has 0 unspecified atom stereocenters. The Kier molecular flexibility index (Phi) is 7.14. The highest BCUT2D eigenvalue weighted by Crippen LogP contribution is 2.25. The Balaban J connectivity index is 1.69. The predicted molar refractivity (Wildman–Crippen MR) is 120 cm³/mol. The molecule has 3 rings (SSSR count). The first kappa shape index (κ1) is 22.9. The van der Waals surface area contributed by atoms with Gasteiger partial charge in [0.1, 0.15) is 5.82 Å². The zero-order valence-electron chi connectivity index (χ0n) is 18.5. The zero-order valence-corrected chi connectivity index (χ0v) is 18.5. The van der Waals surface area contributed by atoms with Crippen LogP contribution in [-0.4, -0.2) is 35.6 Å². The van der Waals surface area contributed by atoms with E-state index in [0.29, 0.717) is 23.4 Å². The molecule has 2 aromatic heterocycles. The number of aromatic nitrogens is 2. The van der Waals surface area contributed by atoms with E-state index in [9.17, 15) is 14.0 Å². The molecule has 0 fully saturated rings. The van der Waals surface area contributed by atoms with E-state index in [1.54, 1.807) is 25.1 Å². The standard InChI is InChI=1S/C24H25FN4O3/c1-5-32-24(31)29(4)22-11-9-17(12-20(22)25)21-10-8-19(14-26-21)23(30)27-13-18-7-6-15(2)28-16(18)3/h6-12,14H,5,13H2,1-4H3,(H,27,30). The molecule has 0 radical (unpaired) electrons. The second-order valence-corrected chi connectivity index (χ2v) is 7.24. The Morgan fingerprint density at radius 2 is 1.91 bits per heavy atom. The third-order valence-corrected chi connectivity index (χ3v) is 4.95. The average Bonchev–Trinajstić information content (AvgIpc) is 2.78. The van der Waals surface area contributed by atoms with Crippen LogP contribution in [0.2, 0.25) is 0 Å². The maximum absolute atomic E-state index is 14.6. The van der Waals surface area contributed by atoms with Crippen LogP contribution in [0.4, 0.5) is 14.9 Å². The van der Waals surface area contributed by atoms with Gasteiger partial charge in [0.05, 0.1) is 23.6 Å². The molecule has 2 amide bonds. The molecule has 0 aliphatic heterocycles. The minimum Gasteiger partial charge on any atom is -0.449 e. The number of hydrogen-bond donors (Lipinski definition) is 1. The van der Waals surface area contributed by atoms with Crippen molar-refractivity contribution in [3.8, 4) is 11.3 Å². The van der Waals surface area contributed by atoms with Crippen molar-refractivity contribution in [2.24, 2.45) is 0 Å². The first-order valence-corrected chi connectivity index (χ1v) is 10.2. The number of carbonyl (C=O) groups is 2. The smallest absolute Gasteiger partial charge is 0.414 e. The summed E-state index contributed by atoms with van der Waals surface area (Å²) in [4.78, 5) is 34.1. The summed E-state index contributed by atoms with van der Waals surface area (Å²) in [5.74, 6) is -0.842. The zero-order chi connectivity index (χ0) is 23.3. The van der Waals surface area contributed by atoms with E-state index in [1.807, 2.05) is 26.0 Å². The van der Waals surface area contributed by atoms with Crippen molar-refractivity contribution in [1.82, 2.24) is 15.3 Å². The summed E-state index contributed by atoms with van der Waals surface area (Å²) >= 11 is 0. The molecule has 0 aliphatic carbocycles. The fourth-order valence-electron chi connectivity index (χ4n) is 3.14. The predicted octanol–water partition coefficient (Wildman–Crippen LogP) is 4.42. The van der Waals surface area contributed by atoms with Gasteiger partial charge in [-0.25, -0.2) is 9.18 Å². The Morgan fingerprint density at radius 1 is 1.12 bits per heavy atom. The van der Waals surface area contributed by atoms with Gasteiger partial charge in [0, 0.05) is 36.7 Å². The largest absolute Gasteiger partial charge is 0.449 e. The Morgan fingerprint density at radius 3 is 2.53 bits per heavy atom. The minimum absolute atomic E-state index is 0.101. The Bertz CT molecular complexity index is 1130. The Hall–Kier alpha value is -3.81. The van der Waals surface area contributed by atoms with Crippen LogP contribution in [0.15, 0.2) is 48.7 Å². The van der Waals surface area contributed by atoms with Crippen LogP contribution in [0.25, 0.3) is 11.3 Å². The van der Waals surface area contributed by atoms with Crippen molar-refractivity contribution >= 4 is 17.7 Å². The van der Waals surface area contributed by atoms with Gasteiger partial charge in [-0.2, -0.15) is 0 Å². The third-order valence-electron chi connectivity index (χ3n) is 4.95. The highest BCUT2D eigenvalue weighted by atomic mass is 19.1. The molecule has 0 atom stereocenters. The van der Waals surface area contributed by atoms with Crippen LogP contribution in [0.5, 0.6) is 0 Å². The van der Waals surface area contributed by atoms with Gasteiger partial charge in [-0.1, -0.05) is 12.1 Å². The number of carbonyl (C=O) groups excluding carboxylic acids is 2. The molecule has 166 valence electrons. The summed E-state index contributed by atoms with van der Waals surface area (Å²) in [6.07, 6.45) is 0.811. The molecule has 0 aliphatic rings. The number of anilines is 1. The van der Waals surface area contributed by atoms with E-state index in [0.717, 1.165) is 21.9 Å². The number of pyridine rings is 2. The second kappa shape index (κ2) is 10.00. The topological polar surface area (TPSA) is 84.4 Å². The number of nitrogens with zero attached hydrogens (tertiary/aromatic N) is 3. The number of aryl methyl sites for hydroxylation is 2. The van der Waals surface area contributed by atoms with Crippen LogP contribution < -0.4 is 10.2 Å². The summed E-state index contributed by atoms with van der Waals surface area (Å²) in [6, 6.07) is 11.6. The molecule has 0 bridgehead atoms. The molecular weight excluding hydrogens is 411 g/mol. The molecule has 1 aromatic carbocycles. The molecule has 0 saturated carbocycles. The minimum atomic E-state index is -0.635. The lowest BCUT2D eigenvalue weighted by Crippen LogP contribution is -2.27. The van der Waals surface area contributed by atoms with Gasteiger partial charge >= 0.3 is 6.09 Å². The average molecular weight is 436 g/mol. The molecule has 0 saturated heterocycles. The lowest BCUT2D eigenvalue weighted by Gasteiger charge is -2.17. The first-order chi connectivity index (χ1) is 15.3. The lowest BCUT2D eigenvalue weighted by molar-refractivity contribution is 0.0950. The molecule has 7 nitrogen and oxygen atoms in total. The SMILES string of the molecule is CCOC(=O)N(C)c1ccc(-c2ccc(C(=O)NCc3ccc(C)nc3C)cn2)cc1F. The number of hydrogen-bond acceptors (Lipinski definition) is 5. The third kappa shape index (κ3) is 5.26. The van der Waals surface area contributed by atoms with Gasteiger partial charge < -0.3 is 10.1 Å². The molecule has 8 heteroatoms. The maximum Gasteiger partial charge on any atom is 0.414 e. The molecule has 0 spiro atoms. The fourth-order valence-corrected chi connectivity index (χ4v) is 3.14. The van der Waals surface area contributed by atoms with Crippen molar-refractivity contribution in [3.05, 3.63) is 77.0 Å². The number of benzene rings is 1. The summed E-state index contributed by atoms with van der Waals surface area (Å²) < 4.78 is 19.5. The lowest BCUT2D eigenvalue weighted by atomic mass is 10.1. The van der Waals surface area contributed by atoms with Gasteiger partial charge in [-0.05, 0) is 56.7 Å². The van der Waals surface area contributed by atoms with Gasteiger partial charge in [0.15, 0.2) is 0 Å². The Labute approximate surface area is 186 Å². The van der Waals surface area contributed by atoms with Crippen molar-refractivity contribution in [1.29, 1.82) is 0 Å². The number of nitrogens with one attached hydrogen (secondary N) is 1. The normalized spacial score (nSPS) is 10.5. The van der Waals surface area contributed by atoms with Crippen LogP contribution in [0.3, 0.4) is 0 Å². The molecule has 2 heterocycles. The number of halogens is 1. The highest BCUT2D eigenvalue weighted by molar-refractivity contribution is 5.94. The summed E-state index contributed by atoms with van der Waals surface area (Å²) in [7, 11) is 1.44. The van der Waals surface area contributed by atoms with Crippen LogP contribution in [-0.2, 0) is 11.3 Å². The maximum atomic E-state index is 14.6. The van der Waals surface area contributed by atoms with E-state index >= 15 is 0 Å². The molecule has 1 N–H and O–H groups in total. The van der Waals surface area contributed by atoms with Crippen molar-refractivity contribution < 1.29 is 18.7 Å².